The first-order valence-electron chi connectivity index (χ1n) is 9.03. The summed E-state index contributed by atoms with van der Waals surface area (Å²) >= 11 is 0. The number of ether oxygens (including phenoxy) is 1. The van der Waals surface area contributed by atoms with Gasteiger partial charge in [-0.1, -0.05) is 0 Å². The molecule has 0 fully saturated rings. The number of nitrogens with zero attached hydrogens (tertiary/aromatic N) is 3. The van der Waals surface area contributed by atoms with E-state index in [9.17, 15) is 13.2 Å². The number of pyridine rings is 1. The summed E-state index contributed by atoms with van der Waals surface area (Å²) in [6.07, 6.45) is 4.96. The molecule has 3 rings (SSSR count). The molecule has 1 aliphatic rings. The molecule has 0 saturated carbocycles. The van der Waals surface area contributed by atoms with Gasteiger partial charge in [0.15, 0.2) is 0 Å². The Labute approximate surface area is 170 Å². The molecule has 0 N–H and O–H groups in total. The molecule has 0 atom stereocenters. The summed E-state index contributed by atoms with van der Waals surface area (Å²) in [5.41, 5.74) is 1.30. The van der Waals surface area contributed by atoms with Crippen molar-refractivity contribution in [1.82, 2.24) is 4.98 Å². The van der Waals surface area contributed by atoms with Crippen LogP contribution >= 0.6 is 0 Å². The van der Waals surface area contributed by atoms with Gasteiger partial charge in [0.25, 0.3) is 10.0 Å². The fourth-order valence-corrected chi connectivity index (χ4v) is 4.37. The molecule has 0 bridgehead atoms. The molecule has 2 aromatic rings. The highest BCUT2D eigenvalue weighted by molar-refractivity contribution is 7.92. The molecule has 0 unspecified atom stereocenters. The van der Waals surface area contributed by atoms with E-state index < -0.39 is 21.6 Å². The minimum Gasteiger partial charge on any atom is -0.457 e. The molecule has 7 nitrogen and oxygen atoms in total. The van der Waals surface area contributed by atoms with Crippen LogP contribution in [0.5, 0.6) is 0 Å². The summed E-state index contributed by atoms with van der Waals surface area (Å²) in [6, 6.07) is 9.58. The first-order chi connectivity index (χ1) is 13.6. The van der Waals surface area contributed by atoms with Crippen molar-refractivity contribution in [2.75, 3.05) is 10.8 Å². The number of sulfonamides is 1. The van der Waals surface area contributed by atoms with Crippen molar-refractivity contribution >= 4 is 27.9 Å². The van der Waals surface area contributed by atoms with Crippen LogP contribution in [0.4, 0.5) is 5.82 Å². The molecule has 150 valence electrons. The molecule has 8 heteroatoms. The first-order valence-corrected chi connectivity index (χ1v) is 10.5. The molecule has 0 spiro atoms. The van der Waals surface area contributed by atoms with Crippen LogP contribution in [0.3, 0.4) is 0 Å². The second kappa shape index (κ2) is 7.68. The zero-order valence-electron chi connectivity index (χ0n) is 16.4. The minimum absolute atomic E-state index is 0.111. The maximum atomic E-state index is 13.0. The van der Waals surface area contributed by atoms with E-state index in [-0.39, 0.29) is 11.4 Å². The number of rotatable bonds is 4. The zero-order valence-corrected chi connectivity index (χ0v) is 17.2. The van der Waals surface area contributed by atoms with Crippen LogP contribution in [0.1, 0.15) is 37.5 Å². The Bertz CT molecular complexity index is 1110. The molecular weight excluding hydrogens is 390 g/mol. The standard InChI is InChI=1S/C21H21N3O4S/c1-21(2,3)28-19(25)9-6-16-12-17-10-11-24(20(17)23-14-16)29(26,27)18-7-4-15(13-22)5-8-18/h4-9,12,14H,10-11H2,1-3H3. The molecule has 0 amide bonds. The molecule has 1 aliphatic heterocycles. The summed E-state index contributed by atoms with van der Waals surface area (Å²) in [4.78, 5) is 16.2. The van der Waals surface area contributed by atoms with Crippen LogP contribution in [0.25, 0.3) is 6.08 Å². The number of aromatic nitrogens is 1. The van der Waals surface area contributed by atoms with E-state index in [0.29, 0.717) is 23.4 Å². The van der Waals surface area contributed by atoms with E-state index in [1.165, 1.54) is 40.8 Å². The van der Waals surface area contributed by atoms with E-state index in [1.54, 1.807) is 26.8 Å². The van der Waals surface area contributed by atoms with Gasteiger partial charge in [-0.05, 0) is 74.7 Å². The Morgan fingerprint density at radius 3 is 2.59 bits per heavy atom. The van der Waals surface area contributed by atoms with Crippen LogP contribution in [0.2, 0.25) is 0 Å². The van der Waals surface area contributed by atoms with Crippen LogP contribution in [0, 0.1) is 11.3 Å². The van der Waals surface area contributed by atoms with Gasteiger partial charge in [0, 0.05) is 18.8 Å². The van der Waals surface area contributed by atoms with Crippen molar-refractivity contribution in [2.24, 2.45) is 0 Å². The maximum absolute atomic E-state index is 13.0. The molecular formula is C21H21N3O4S. The number of benzene rings is 1. The molecule has 0 aliphatic carbocycles. The number of anilines is 1. The molecule has 29 heavy (non-hydrogen) atoms. The third kappa shape index (κ3) is 4.63. The van der Waals surface area contributed by atoms with Crippen molar-refractivity contribution < 1.29 is 17.9 Å². The van der Waals surface area contributed by atoms with E-state index in [1.807, 2.05) is 12.1 Å². The van der Waals surface area contributed by atoms with E-state index in [0.717, 1.165) is 5.56 Å². The second-order valence-corrected chi connectivity index (χ2v) is 9.44. The van der Waals surface area contributed by atoms with E-state index in [4.69, 9.17) is 10.00 Å². The summed E-state index contributed by atoms with van der Waals surface area (Å²) in [5, 5.41) is 8.88. The van der Waals surface area contributed by atoms with Gasteiger partial charge in [-0.3, -0.25) is 0 Å². The van der Waals surface area contributed by atoms with Crippen LogP contribution in [-0.4, -0.2) is 31.5 Å². The number of carbonyl (C=O) groups excluding carboxylic acids is 1. The van der Waals surface area contributed by atoms with Gasteiger partial charge in [0.05, 0.1) is 16.5 Å². The molecule has 1 aromatic heterocycles. The highest BCUT2D eigenvalue weighted by Crippen LogP contribution is 2.31. The number of nitriles is 1. The Morgan fingerprint density at radius 2 is 1.97 bits per heavy atom. The Morgan fingerprint density at radius 1 is 1.28 bits per heavy atom. The SMILES string of the molecule is CC(C)(C)OC(=O)C=Cc1cnc2c(c1)CCN2S(=O)(=O)c1ccc(C#N)cc1. The largest absolute Gasteiger partial charge is 0.457 e. The number of esters is 1. The summed E-state index contributed by atoms with van der Waals surface area (Å²) < 4.78 is 32.4. The number of hydrogen-bond donors (Lipinski definition) is 0. The lowest BCUT2D eigenvalue weighted by atomic mass is 10.1. The third-order valence-corrected chi connectivity index (χ3v) is 5.98. The number of hydrogen-bond acceptors (Lipinski definition) is 6. The van der Waals surface area contributed by atoms with Crippen molar-refractivity contribution in [3.8, 4) is 6.07 Å². The first kappa shape index (κ1) is 20.6. The van der Waals surface area contributed by atoms with E-state index >= 15 is 0 Å². The van der Waals surface area contributed by atoms with Crippen molar-refractivity contribution in [3.05, 3.63) is 59.3 Å². The third-order valence-electron chi connectivity index (χ3n) is 4.17. The molecule has 2 heterocycles. The normalized spacial score (nSPS) is 13.9. The summed E-state index contributed by atoms with van der Waals surface area (Å²) in [5.74, 6) is -0.0770. The highest BCUT2D eigenvalue weighted by Gasteiger charge is 2.32. The van der Waals surface area contributed by atoms with Gasteiger partial charge in [-0.25, -0.2) is 22.5 Å². The topological polar surface area (TPSA) is 100 Å². The maximum Gasteiger partial charge on any atom is 0.331 e. The molecule has 0 saturated heterocycles. The predicted octanol–water partition coefficient (Wildman–Crippen LogP) is 3.06. The van der Waals surface area contributed by atoms with E-state index in [2.05, 4.69) is 4.98 Å². The van der Waals surface area contributed by atoms with Gasteiger partial charge in [-0.15, -0.1) is 0 Å². The molecule has 1 aromatic carbocycles. The Balaban J connectivity index is 1.81. The smallest absolute Gasteiger partial charge is 0.331 e. The Hall–Kier alpha value is -3.18. The lowest BCUT2D eigenvalue weighted by Gasteiger charge is -2.18. The van der Waals surface area contributed by atoms with Crippen molar-refractivity contribution in [1.29, 1.82) is 5.26 Å². The van der Waals surface area contributed by atoms with Crippen LogP contribution in [0.15, 0.2) is 47.5 Å². The number of carbonyl (C=O) groups is 1. The fourth-order valence-electron chi connectivity index (χ4n) is 2.91. The van der Waals surface area contributed by atoms with Gasteiger partial charge < -0.3 is 4.74 Å². The summed E-state index contributed by atoms with van der Waals surface area (Å²) in [6.45, 7) is 5.65. The van der Waals surface area contributed by atoms with Gasteiger partial charge in [0.2, 0.25) is 0 Å². The van der Waals surface area contributed by atoms with Gasteiger partial charge in [0.1, 0.15) is 11.4 Å². The average Bonchev–Trinajstić information content (AvgIpc) is 3.09. The van der Waals surface area contributed by atoms with Crippen LogP contribution in [-0.2, 0) is 26.0 Å². The van der Waals surface area contributed by atoms with Crippen molar-refractivity contribution in [2.45, 2.75) is 37.7 Å². The van der Waals surface area contributed by atoms with Gasteiger partial charge in [-0.2, -0.15) is 5.26 Å². The minimum atomic E-state index is -3.77. The second-order valence-electron chi connectivity index (χ2n) is 7.58. The fraction of sp³-hybridized carbons (Fsp3) is 0.286. The zero-order chi connectivity index (χ0) is 21.2. The average molecular weight is 411 g/mol. The lowest BCUT2D eigenvalue weighted by molar-refractivity contribution is -0.148. The number of fused-ring (bicyclic) bond motifs is 1. The van der Waals surface area contributed by atoms with Crippen LogP contribution < -0.4 is 4.31 Å². The summed E-state index contributed by atoms with van der Waals surface area (Å²) in [7, 11) is -3.77. The monoisotopic (exact) mass is 411 g/mol. The highest BCUT2D eigenvalue weighted by atomic mass is 32.2. The van der Waals surface area contributed by atoms with Gasteiger partial charge >= 0.3 is 5.97 Å². The lowest BCUT2D eigenvalue weighted by Crippen LogP contribution is -2.29. The Kier molecular flexibility index (Phi) is 5.44. The quantitative estimate of drug-likeness (QED) is 0.566. The predicted molar refractivity (Wildman–Crippen MR) is 109 cm³/mol. The molecule has 0 radical (unpaired) electrons. The van der Waals surface area contributed by atoms with Crippen molar-refractivity contribution in [3.63, 3.8) is 0 Å².